The number of nitrogens with zero attached hydrogens (tertiary/aromatic N) is 1. The number of thioether (sulfide) groups is 1. The van der Waals surface area contributed by atoms with E-state index in [0.717, 1.165) is 31.7 Å². The average Bonchev–Trinajstić information content (AvgIpc) is 2.70. The van der Waals surface area contributed by atoms with Crippen molar-refractivity contribution in [1.82, 2.24) is 10.2 Å². The van der Waals surface area contributed by atoms with Gasteiger partial charge in [-0.25, -0.2) is 0 Å². The van der Waals surface area contributed by atoms with Gasteiger partial charge >= 0.3 is 5.97 Å². The minimum absolute atomic E-state index is 0.0638. The Kier molecular flexibility index (Phi) is 2.64. The Balaban J connectivity index is 1.79. The van der Waals surface area contributed by atoms with Gasteiger partial charge in [0.1, 0.15) is 6.04 Å². The molecule has 2 bridgehead atoms. The highest BCUT2D eigenvalue weighted by molar-refractivity contribution is 8.00. The molecule has 4 unspecified atom stereocenters. The Hall–Kier alpha value is -0.260. The normalized spacial score (nSPS) is 47.1. The molecule has 3 fully saturated rings. The van der Waals surface area contributed by atoms with E-state index in [1.54, 1.807) is 0 Å². The lowest BCUT2D eigenvalue weighted by Gasteiger charge is -2.47. The van der Waals surface area contributed by atoms with Gasteiger partial charge in [0, 0.05) is 19.0 Å². The number of hydrogen-bond acceptors (Lipinski definition) is 4. The van der Waals surface area contributed by atoms with Crippen molar-refractivity contribution in [1.29, 1.82) is 0 Å². The van der Waals surface area contributed by atoms with E-state index in [9.17, 15) is 4.79 Å². The van der Waals surface area contributed by atoms with Crippen LogP contribution >= 0.6 is 11.8 Å². The summed E-state index contributed by atoms with van der Waals surface area (Å²) in [6, 6.07) is -0.326. The predicted molar refractivity (Wildman–Crippen MR) is 63.5 cm³/mol. The van der Waals surface area contributed by atoms with Crippen molar-refractivity contribution in [3.05, 3.63) is 0 Å². The first-order valence-electron chi connectivity index (χ1n) is 6.06. The molecular formula is C11H18N2O2S. The second kappa shape index (κ2) is 3.89. The Labute approximate surface area is 99.8 Å². The first-order valence-corrected chi connectivity index (χ1v) is 7.05. The molecule has 0 amide bonds. The van der Waals surface area contributed by atoms with Crippen LogP contribution in [0.15, 0.2) is 0 Å². The third-order valence-corrected chi connectivity index (χ3v) is 5.82. The Morgan fingerprint density at radius 2 is 2.31 bits per heavy atom. The molecule has 0 aromatic rings. The number of carboxylic acids is 1. The molecule has 4 nitrogen and oxygen atoms in total. The molecule has 3 heterocycles. The molecule has 0 aromatic heterocycles. The minimum atomic E-state index is -0.680. The number of rotatable bonds is 1. The summed E-state index contributed by atoms with van der Waals surface area (Å²) in [4.78, 5) is 13.7. The van der Waals surface area contributed by atoms with Gasteiger partial charge in [-0.05, 0) is 31.6 Å². The molecule has 1 spiro atoms. The van der Waals surface area contributed by atoms with Crippen molar-refractivity contribution in [2.24, 2.45) is 5.92 Å². The van der Waals surface area contributed by atoms with Gasteiger partial charge < -0.3 is 10.0 Å². The lowest BCUT2D eigenvalue weighted by atomic mass is 9.91. The summed E-state index contributed by atoms with van der Waals surface area (Å²) in [6.45, 7) is 3.49. The molecule has 90 valence electrons. The van der Waals surface area contributed by atoms with Crippen molar-refractivity contribution >= 4 is 17.7 Å². The van der Waals surface area contributed by atoms with E-state index in [0.29, 0.717) is 5.92 Å². The Morgan fingerprint density at radius 1 is 1.44 bits per heavy atom. The SMILES string of the molecule is O=C(O)C1CCSC2(CCN3CCC2C3)N1. The van der Waals surface area contributed by atoms with Crippen LogP contribution in [0.2, 0.25) is 0 Å². The van der Waals surface area contributed by atoms with Gasteiger partial charge in [0.15, 0.2) is 0 Å². The summed E-state index contributed by atoms with van der Waals surface area (Å²) in [5, 5.41) is 12.6. The minimum Gasteiger partial charge on any atom is -0.480 e. The molecular weight excluding hydrogens is 224 g/mol. The molecule has 0 aliphatic carbocycles. The lowest BCUT2D eigenvalue weighted by Crippen LogP contribution is -2.61. The van der Waals surface area contributed by atoms with Crippen LogP contribution in [-0.2, 0) is 4.79 Å². The number of piperidine rings is 1. The van der Waals surface area contributed by atoms with Crippen LogP contribution in [0.3, 0.4) is 0 Å². The van der Waals surface area contributed by atoms with Gasteiger partial charge in [0.25, 0.3) is 0 Å². The molecule has 0 aromatic carbocycles. The van der Waals surface area contributed by atoms with Crippen LogP contribution < -0.4 is 5.32 Å². The molecule has 0 radical (unpaired) electrons. The second-order valence-electron chi connectivity index (χ2n) is 5.10. The number of aliphatic carboxylic acids is 1. The zero-order valence-electron chi connectivity index (χ0n) is 9.32. The van der Waals surface area contributed by atoms with Crippen LogP contribution in [0.25, 0.3) is 0 Å². The zero-order valence-corrected chi connectivity index (χ0v) is 10.1. The zero-order chi connectivity index (χ0) is 11.2. The first kappa shape index (κ1) is 10.9. The highest BCUT2D eigenvalue weighted by atomic mass is 32.2. The van der Waals surface area contributed by atoms with E-state index >= 15 is 0 Å². The van der Waals surface area contributed by atoms with Crippen LogP contribution in [0.5, 0.6) is 0 Å². The quantitative estimate of drug-likeness (QED) is 0.705. The van der Waals surface area contributed by atoms with Gasteiger partial charge in [-0.3, -0.25) is 10.1 Å². The molecule has 3 aliphatic heterocycles. The molecule has 3 rings (SSSR count). The molecule has 16 heavy (non-hydrogen) atoms. The molecule has 4 atom stereocenters. The third kappa shape index (κ3) is 1.65. The first-order chi connectivity index (χ1) is 7.70. The fraction of sp³-hybridized carbons (Fsp3) is 0.909. The summed E-state index contributed by atoms with van der Waals surface area (Å²) in [6.07, 6.45) is 3.09. The molecule has 0 saturated carbocycles. The average molecular weight is 242 g/mol. The van der Waals surface area contributed by atoms with E-state index in [1.165, 1.54) is 13.0 Å². The molecule has 3 aliphatic rings. The van der Waals surface area contributed by atoms with E-state index in [4.69, 9.17) is 5.11 Å². The summed E-state index contributed by atoms with van der Waals surface area (Å²) in [5.74, 6) is 0.953. The maximum absolute atomic E-state index is 11.1. The standard InChI is InChI=1S/C11H18N2O2S/c14-10(15)9-2-6-16-11(12-9)3-5-13-4-1-8(11)7-13/h8-9,12H,1-7H2,(H,14,15). The molecule has 5 heteroatoms. The van der Waals surface area contributed by atoms with Gasteiger partial charge in [0.05, 0.1) is 4.87 Å². The lowest BCUT2D eigenvalue weighted by molar-refractivity contribution is -0.140. The van der Waals surface area contributed by atoms with Gasteiger partial charge in [-0.2, -0.15) is 0 Å². The van der Waals surface area contributed by atoms with Gasteiger partial charge in [-0.15, -0.1) is 11.8 Å². The van der Waals surface area contributed by atoms with E-state index in [1.807, 2.05) is 11.8 Å². The van der Waals surface area contributed by atoms with E-state index in [2.05, 4.69) is 10.2 Å². The van der Waals surface area contributed by atoms with Crippen molar-refractivity contribution in [3.63, 3.8) is 0 Å². The molecule has 3 saturated heterocycles. The molecule has 2 N–H and O–H groups in total. The number of hydrogen-bond donors (Lipinski definition) is 2. The number of nitrogens with one attached hydrogen (secondary N) is 1. The van der Waals surface area contributed by atoms with Crippen molar-refractivity contribution in [2.45, 2.75) is 30.2 Å². The third-order valence-electron chi connectivity index (χ3n) is 4.21. The van der Waals surface area contributed by atoms with Crippen molar-refractivity contribution < 1.29 is 9.90 Å². The van der Waals surface area contributed by atoms with Crippen molar-refractivity contribution in [2.75, 3.05) is 25.4 Å². The maximum Gasteiger partial charge on any atom is 0.320 e. The summed E-state index contributed by atoms with van der Waals surface area (Å²) >= 11 is 1.97. The number of fused-ring (bicyclic) bond motifs is 3. The topological polar surface area (TPSA) is 52.6 Å². The fourth-order valence-electron chi connectivity index (χ4n) is 3.28. The summed E-state index contributed by atoms with van der Waals surface area (Å²) < 4.78 is 0. The summed E-state index contributed by atoms with van der Waals surface area (Å²) in [5.41, 5.74) is 0. The van der Waals surface area contributed by atoms with E-state index < -0.39 is 5.97 Å². The summed E-state index contributed by atoms with van der Waals surface area (Å²) in [7, 11) is 0. The fourth-order valence-corrected chi connectivity index (χ4v) is 4.88. The van der Waals surface area contributed by atoms with Crippen molar-refractivity contribution in [3.8, 4) is 0 Å². The maximum atomic E-state index is 11.1. The predicted octanol–water partition coefficient (Wildman–Crippen LogP) is 0.588. The van der Waals surface area contributed by atoms with Gasteiger partial charge in [-0.1, -0.05) is 0 Å². The van der Waals surface area contributed by atoms with Crippen LogP contribution in [0.1, 0.15) is 19.3 Å². The monoisotopic (exact) mass is 242 g/mol. The second-order valence-corrected chi connectivity index (χ2v) is 6.52. The Morgan fingerprint density at radius 3 is 3.12 bits per heavy atom. The Bertz CT molecular complexity index is 312. The van der Waals surface area contributed by atoms with Gasteiger partial charge in [0.2, 0.25) is 0 Å². The highest BCUT2D eigenvalue weighted by Crippen LogP contribution is 2.45. The van der Waals surface area contributed by atoms with Crippen LogP contribution in [-0.4, -0.2) is 52.3 Å². The number of carbonyl (C=O) groups is 1. The van der Waals surface area contributed by atoms with E-state index in [-0.39, 0.29) is 10.9 Å². The smallest absolute Gasteiger partial charge is 0.320 e. The van der Waals surface area contributed by atoms with Crippen LogP contribution in [0.4, 0.5) is 0 Å². The highest BCUT2D eigenvalue weighted by Gasteiger charge is 2.49. The largest absolute Gasteiger partial charge is 0.480 e. The number of carboxylic acid groups (broad SMARTS) is 1. The van der Waals surface area contributed by atoms with Crippen LogP contribution in [0, 0.1) is 5.92 Å².